The molecule has 1 heterocycles. The maximum atomic E-state index is 10.7. The van der Waals surface area contributed by atoms with Crippen LogP contribution in [0.15, 0.2) is 12.1 Å². The number of hydrogen-bond donors (Lipinski definition) is 0. The average molecular weight is 229 g/mol. The summed E-state index contributed by atoms with van der Waals surface area (Å²) >= 11 is 5.76. The van der Waals surface area contributed by atoms with E-state index in [1.165, 1.54) is 12.1 Å². The van der Waals surface area contributed by atoms with E-state index in [0.29, 0.717) is 24.6 Å². The highest BCUT2D eigenvalue weighted by molar-refractivity contribution is 6.33. The topological polar surface area (TPSA) is 55.6 Å². The van der Waals surface area contributed by atoms with Crippen molar-refractivity contribution >= 4 is 23.0 Å². The van der Waals surface area contributed by atoms with E-state index in [9.17, 15) is 10.1 Å². The van der Waals surface area contributed by atoms with Crippen molar-refractivity contribution in [2.75, 3.05) is 25.1 Å². The predicted octanol–water partition coefficient (Wildman–Crippen LogP) is 2.08. The Labute approximate surface area is 91.4 Å². The maximum Gasteiger partial charge on any atom is 0.290 e. The third-order valence-electron chi connectivity index (χ3n) is 2.32. The molecule has 5 nitrogen and oxygen atoms in total. The van der Waals surface area contributed by atoms with Crippen molar-refractivity contribution in [2.45, 2.75) is 0 Å². The third-order valence-corrected chi connectivity index (χ3v) is 2.62. The van der Waals surface area contributed by atoms with Gasteiger partial charge in [-0.2, -0.15) is 0 Å². The van der Waals surface area contributed by atoms with Gasteiger partial charge in [0.2, 0.25) is 0 Å². The fourth-order valence-corrected chi connectivity index (χ4v) is 1.72. The number of halogens is 1. The van der Waals surface area contributed by atoms with Crippen molar-refractivity contribution in [3.63, 3.8) is 0 Å². The molecule has 2 rings (SSSR count). The maximum absolute atomic E-state index is 10.7. The summed E-state index contributed by atoms with van der Waals surface area (Å²) in [6, 6.07) is 2.93. The van der Waals surface area contributed by atoms with Crippen LogP contribution in [-0.2, 0) is 0 Å². The predicted molar refractivity (Wildman–Crippen MR) is 56.9 cm³/mol. The van der Waals surface area contributed by atoms with E-state index in [1.807, 2.05) is 11.9 Å². The zero-order valence-corrected chi connectivity index (χ0v) is 8.82. The highest BCUT2D eigenvalue weighted by Gasteiger charge is 2.22. The second-order valence-corrected chi connectivity index (χ2v) is 3.71. The molecule has 0 bridgehead atoms. The number of hydrogen-bond acceptors (Lipinski definition) is 4. The first-order valence-corrected chi connectivity index (χ1v) is 4.79. The van der Waals surface area contributed by atoms with Gasteiger partial charge in [-0.1, -0.05) is 11.6 Å². The van der Waals surface area contributed by atoms with Gasteiger partial charge in [-0.25, -0.2) is 0 Å². The molecule has 1 aliphatic heterocycles. The summed E-state index contributed by atoms with van der Waals surface area (Å²) in [4.78, 5) is 12.1. The summed E-state index contributed by atoms with van der Waals surface area (Å²) in [7, 11) is 1.86. The molecule has 0 atom stereocenters. The largest absolute Gasteiger partial charge is 0.490 e. The molecule has 80 valence electrons. The molecule has 6 heteroatoms. The first-order valence-electron chi connectivity index (χ1n) is 4.41. The normalized spacial score (nSPS) is 14.4. The minimum atomic E-state index is -0.495. The van der Waals surface area contributed by atoms with Gasteiger partial charge in [-0.3, -0.25) is 10.1 Å². The van der Waals surface area contributed by atoms with E-state index < -0.39 is 4.92 Å². The number of likely N-dealkylation sites (N-methyl/N-ethyl adjacent to an activating group) is 1. The molecule has 0 radical (unpaired) electrons. The van der Waals surface area contributed by atoms with E-state index in [2.05, 4.69) is 0 Å². The standard InChI is InChI=1S/C9H9ClN2O3/c1-11-2-3-15-9-4-6(10)7(12(13)14)5-8(9)11/h4-5H,2-3H2,1H3. The summed E-state index contributed by atoms with van der Waals surface area (Å²) in [6.45, 7) is 1.28. The van der Waals surface area contributed by atoms with Crippen LogP contribution in [0.4, 0.5) is 11.4 Å². The van der Waals surface area contributed by atoms with E-state index >= 15 is 0 Å². The lowest BCUT2D eigenvalue weighted by molar-refractivity contribution is -0.384. The Morgan fingerprint density at radius 1 is 1.60 bits per heavy atom. The average Bonchev–Trinajstić information content (AvgIpc) is 2.16. The number of rotatable bonds is 1. The Balaban J connectivity index is 2.55. The first kappa shape index (κ1) is 10.0. The molecule has 0 saturated carbocycles. The summed E-state index contributed by atoms with van der Waals surface area (Å²) in [6.07, 6.45) is 0. The number of anilines is 1. The SMILES string of the molecule is CN1CCOc2cc(Cl)c([N+](=O)[O-])cc21. The first-order chi connectivity index (χ1) is 7.09. The van der Waals surface area contributed by atoms with Crippen molar-refractivity contribution in [1.82, 2.24) is 0 Å². The van der Waals surface area contributed by atoms with Gasteiger partial charge in [-0.05, 0) is 0 Å². The molecular formula is C9H9ClN2O3. The van der Waals surface area contributed by atoms with Gasteiger partial charge < -0.3 is 9.64 Å². The van der Waals surface area contributed by atoms with E-state index in [-0.39, 0.29) is 10.7 Å². The second-order valence-electron chi connectivity index (χ2n) is 3.30. The quantitative estimate of drug-likeness (QED) is 0.546. The van der Waals surface area contributed by atoms with Crippen molar-refractivity contribution in [2.24, 2.45) is 0 Å². The lowest BCUT2D eigenvalue weighted by Crippen LogP contribution is -2.28. The van der Waals surface area contributed by atoms with Crippen LogP contribution in [-0.4, -0.2) is 25.1 Å². The van der Waals surface area contributed by atoms with E-state index in [0.717, 1.165) is 0 Å². The second kappa shape index (κ2) is 3.58. The number of ether oxygens (including phenoxy) is 1. The Hall–Kier alpha value is -1.49. The monoisotopic (exact) mass is 228 g/mol. The van der Waals surface area contributed by atoms with Crippen molar-refractivity contribution in [3.05, 3.63) is 27.3 Å². The van der Waals surface area contributed by atoms with Crippen LogP contribution in [0.2, 0.25) is 5.02 Å². The molecule has 1 aliphatic rings. The molecule has 0 saturated heterocycles. The fourth-order valence-electron chi connectivity index (χ4n) is 1.50. The van der Waals surface area contributed by atoms with Gasteiger partial charge in [0.15, 0.2) is 0 Å². The molecule has 0 unspecified atom stereocenters. The van der Waals surface area contributed by atoms with Crippen LogP contribution in [0, 0.1) is 10.1 Å². The van der Waals surface area contributed by atoms with Crippen LogP contribution in [0.5, 0.6) is 5.75 Å². The van der Waals surface area contributed by atoms with Crippen LogP contribution in [0.3, 0.4) is 0 Å². The van der Waals surface area contributed by atoms with Gasteiger partial charge in [0, 0.05) is 19.2 Å². The number of nitro groups is 1. The van der Waals surface area contributed by atoms with Crippen LogP contribution < -0.4 is 9.64 Å². The van der Waals surface area contributed by atoms with Crippen LogP contribution >= 0.6 is 11.6 Å². The lowest BCUT2D eigenvalue weighted by atomic mass is 10.2. The number of benzene rings is 1. The Kier molecular flexibility index (Phi) is 2.40. The molecule has 15 heavy (non-hydrogen) atoms. The molecule has 1 aromatic carbocycles. The zero-order valence-electron chi connectivity index (χ0n) is 8.07. The van der Waals surface area contributed by atoms with Gasteiger partial charge >= 0.3 is 0 Å². The molecule has 0 fully saturated rings. The minimum absolute atomic E-state index is 0.0900. The highest BCUT2D eigenvalue weighted by atomic mass is 35.5. The summed E-state index contributed by atoms with van der Waals surface area (Å²) < 4.78 is 5.36. The Morgan fingerprint density at radius 3 is 3.00 bits per heavy atom. The van der Waals surface area contributed by atoms with E-state index in [4.69, 9.17) is 16.3 Å². The van der Waals surface area contributed by atoms with Gasteiger partial charge in [0.05, 0.1) is 17.2 Å². The molecule has 0 spiro atoms. The molecule has 1 aromatic rings. The molecule has 0 aromatic heterocycles. The van der Waals surface area contributed by atoms with Crippen molar-refractivity contribution in [3.8, 4) is 5.75 Å². The summed E-state index contributed by atoms with van der Waals surface area (Å²) in [5.74, 6) is 0.597. The van der Waals surface area contributed by atoms with Gasteiger partial charge in [0.1, 0.15) is 17.4 Å². The molecule has 0 aliphatic carbocycles. The fraction of sp³-hybridized carbons (Fsp3) is 0.333. The van der Waals surface area contributed by atoms with Crippen molar-refractivity contribution in [1.29, 1.82) is 0 Å². The number of fused-ring (bicyclic) bond motifs is 1. The number of nitrogens with zero attached hydrogens (tertiary/aromatic N) is 2. The number of nitro benzene ring substituents is 1. The molecule has 0 amide bonds. The van der Waals surface area contributed by atoms with Crippen LogP contribution in [0.25, 0.3) is 0 Å². The van der Waals surface area contributed by atoms with E-state index in [1.54, 1.807) is 0 Å². The highest BCUT2D eigenvalue weighted by Crippen LogP contribution is 2.38. The van der Waals surface area contributed by atoms with Gasteiger partial charge in [0.25, 0.3) is 5.69 Å². The lowest BCUT2D eigenvalue weighted by Gasteiger charge is -2.27. The Bertz CT molecular complexity index is 422. The molecule has 0 N–H and O–H groups in total. The molecular weight excluding hydrogens is 220 g/mol. The minimum Gasteiger partial charge on any atom is -0.490 e. The smallest absolute Gasteiger partial charge is 0.290 e. The van der Waals surface area contributed by atoms with Crippen LogP contribution in [0.1, 0.15) is 0 Å². The Morgan fingerprint density at radius 2 is 2.33 bits per heavy atom. The zero-order chi connectivity index (χ0) is 11.0. The van der Waals surface area contributed by atoms with Crippen molar-refractivity contribution < 1.29 is 9.66 Å². The van der Waals surface area contributed by atoms with Gasteiger partial charge in [-0.15, -0.1) is 0 Å². The summed E-state index contributed by atoms with van der Waals surface area (Å²) in [5, 5.41) is 10.8. The third kappa shape index (κ3) is 1.70. The summed E-state index contributed by atoms with van der Waals surface area (Å²) in [5.41, 5.74) is 0.616.